The van der Waals surface area contributed by atoms with Gasteiger partial charge in [-0.2, -0.15) is 0 Å². The van der Waals surface area contributed by atoms with E-state index in [9.17, 15) is 4.79 Å². The first kappa shape index (κ1) is 9.39. The van der Waals surface area contributed by atoms with Gasteiger partial charge in [-0.1, -0.05) is 18.2 Å². The fourth-order valence-electron chi connectivity index (χ4n) is 1.32. The summed E-state index contributed by atoms with van der Waals surface area (Å²) in [6.07, 6.45) is 1.47. The predicted molar refractivity (Wildman–Crippen MR) is 53.1 cm³/mol. The molecule has 0 aliphatic heterocycles. The Morgan fingerprint density at radius 3 is 2.87 bits per heavy atom. The third-order valence-electron chi connectivity index (χ3n) is 2.03. The minimum absolute atomic E-state index is 0.165. The summed E-state index contributed by atoms with van der Waals surface area (Å²) in [6.45, 7) is 0. The number of hydrogen-bond acceptors (Lipinski definition) is 4. The second kappa shape index (κ2) is 3.91. The van der Waals surface area contributed by atoms with E-state index < -0.39 is 0 Å². The van der Waals surface area contributed by atoms with Crippen molar-refractivity contribution in [2.75, 3.05) is 7.05 Å². The summed E-state index contributed by atoms with van der Waals surface area (Å²) < 4.78 is 4.91. The normalized spacial score (nSPS) is 9.93. The van der Waals surface area contributed by atoms with Gasteiger partial charge in [0, 0.05) is 17.9 Å². The topological polar surface area (TPSA) is 68.0 Å². The van der Waals surface area contributed by atoms with Crippen LogP contribution in [-0.2, 0) is 0 Å². The molecule has 5 nitrogen and oxygen atoms in total. The van der Waals surface area contributed by atoms with Crippen LogP contribution in [0.5, 0.6) is 0 Å². The standard InChI is InChI=1S/C10H9N3O2/c1-11-10(14)8-5-3-2-4-7(8)9-6-12-13-15-9/h2-6H,1H3,(H,11,14). The van der Waals surface area contributed by atoms with Crippen LogP contribution >= 0.6 is 0 Å². The van der Waals surface area contributed by atoms with Crippen LogP contribution in [0.1, 0.15) is 10.4 Å². The summed E-state index contributed by atoms with van der Waals surface area (Å²) in [5.41, 5.74) is 1.22. The monoisotopic (exact) mass is 203 g/mol. The van der Waals surface area contributed by atoms with E-state index in [1.165, 1.54) is 6.20 Å². The predicted octanol–water partition coefficient (Wildman–Crippen LogP) is 1.10. The van der Waals surface area contributed by atoms with Gasteiger partial charge in [-0.25, -0.2) is 0 Å². The number of aromatic nitrogens is 2. The Bertz CT molecular complexity index is 465. The van der Waals surface area contributed by atoms with Gasteiger partial charge < -0.3 is 9.84 Å². The molecule has 0 atom stereocenters. The van der Waals surface area contributed by atoms with Crippen LogP contribution in [0.25, 0.3) is 11.3 Å². The minimum atomic E-state index is -0.165. The number of amides is 1. The van der Waals surface area contributed by atoms with Crippen LogP contribution < -0.4 is 5.32 Å². The van der Waals surface area contributed by atoms with E-state index in [2.05, 4.69) is 15.7 Å². The molecule has 15 heavy (non-hydrogen) atoms. The molecule has 0 spiro atoms. The van der Waals surface area contributed by atoms with Crippen LogP contribution in [0.2, 0.25) is 0 Å². The zero-order chi connectivity index (χ0) is 10.7. The van der Waals surface area contributed by atoms with E-state index in [1.54, 1.807) is 25.2 Å². The highest BCUT2D eigenvalue weighted by Crippen LogP contribution is 2.21. The van der Waals surface area contributed by atoms with Gasteiger partial charge in [0.25, 0.3) is 5.91 Å². The number of carbonyl (C=O) groups excluding carboxylic acids is 1. The van der Waals surface area contributed by atoms with Crippen molar-refractivity contribution in [2.45, 2.75) is 0 Å². The molecule has 0 unspecified atom stereocenters. The van der Waals surface area contributed by atoms with Crippen LogP contribution in [0.15, 0.2) is 35.0 Å². The van der Waals surface area contributed by atoms with Gasteiger partial charge in [-0.3, -0.25) is 4.79 Å². The van der Waals surface area contributed by atoms with Crippen LogP contribution in [0, 0.1) is 0 Å². The molecule has 1 heterocycles. The SMILES string of the molecule is CNC(=O)c1ccccc1-c1cnno1. The zero-order valence-electron chi connectivity index (χ0n) is 8.10. The maximum absolute atomic E-state index is 11.5. The Morgan fingerprint density at radius 2 is 2.20 bits per heavy atom. The van der Waals surface area contributed by atoms with Crippen molar-refractivity contribution in [3.05, 3.63) is 36.0 Å². The van der Waals surface area contributed by atoms with Crippen LogP contribution in [0.3, 0.4) is 0 Å². The molecule has 0 aliphatic carbocycles. The molecule has 2 rings (SSSR count). The maximum atomic E-state index is 11.5. The molecule has 1 N–H and O–H groups in total. The van der Waals surface area contributed by atoms with Gasteiger partial charge in [0.15, 0.2) is 5.76 Å². The second-order valence-corrected chi connectivity index (χ2v) is 2.91. The van der Waals surface area contributed by atoms with Gasteiger partial charge in [0.2, 0.25) is 0 Å². The first-order valence-electron chi connectivity index (χ1n) is 4.42. The zero-order valence-corrected chi connectivity index (χ0v) is 8.10. The van der Waals surface area contributed by atoms with Gasteiger partial charge in [0.05, 0.1) is 11.8 Å². The summed E-state index contributed by atoms with van der Waals surface area (Å²) in [6, 6.07) is 7.12. The molecule has 0 saturated heterocycles. The smallest absolute Gasteiger partial charge is 0.251 e. The molecule has 76 valence electrons. The van der Waals surface area contributed by atoms with E-state index in [1.807, 2.05) is 6.07 Å². The van der Waals surface area contributed by atoms with Crippen LogP contribution in [0.4, 0.5) is 0 Å². The maximum Gasteiger partial charge on any atom is 0.251 e. The van der Waals surface area contributed by atoms with E-state index in [0.717, 1.165) is 0 Å². The van der Waals surface area contributed by atoms with Crippen molar-refractivity contribution in [1.82, 2.24) is 15.7 Å². The van der Waals surface area contributed by atoms with Gasteiger partial charge >= 0.3 is 0 Å². The number of nitrogens with zero attached hydrogens (tertiary/aromatic N) is 2. The van der Waals surface area contributed by atoms with E-state index in [-0.39, 0.29) is 5.91 Å². The van der Waals surface area contributed by atoms with Crippen LogP contribution in [-0.4, -0.2) is 23.3 Å². The molecule has 5 heteroatoms. The first-order chi connectivity index (χ1) is 7.33. The number of carbonyl (C=O) groups is 1. The quantitative estimate of drug-likeness (QED) is 0.793. The molecule has 0 bridgehead atoms. The minimum Gasteiger partial charge on any atom is -0.355 e. The Balaban J connectivity index is 2.52. The van der Waals surface area contributed by atoms with Crippen molar-refractivity contribution in [1.29, 1.82) is 0 Å². The van der Waals surface area contributed by atoms with Gasteiger partial charge in [-0.15, -0.1) is 5.10 Å². The average Bonchev–Trinajstić information content (AvgIpc) is 2.81. The van der Waals surface area contributed by atoms with Crippen molar-refractivity contribution in [2.24, 2.45) is 0 Å². The fourth-order valence-corrected chi connectivity index (χ4v) is 1.32. The highest BCUT2D eigenvalue weighted by atomic mass is 16.5. The summed E-state index contributed by atoms with van der Waals surface area (Å²) in [4.78, 5) is 11.5. The number of benzene rings is 1. The molecule has 2 aromatic rings. The summed E-state index contributed by atoms with van der Waals surface area (Å²) in [5, 5.41) is 9.51. The van der Waals surface area contributed by atoms with Crippen molar-refractivity contribution in [3.63, 3.8) is 0 Å². The summed E-state index contributed by atoms with van der Waals surface area (Å²) in [7, 11) is 1.58. The number of hydrogen-bond donors (Lipinski definition) is 1. The molecule has 1 amide bonds. The largest absolute Gasteiger partial charge is 0.355 e. The molecule has 1 aromatic carbocycles. The Labute approximate surface area is 86.1 Å². The number of rotatable bonds is 2. The summed E-state index contributed by atoms with van der Waals surface area (Å²) >= 11 is 0. The lowest BCUT2D eigenvalue weighted by molar-refractivity contribution is 0.0963. The third kappa shape index (κ3) is 1.71. The van der Waals surface area contributed by atoms with E-state index in [0.29, 0.717) is 16.9 Å². The Hall–Kier alpha value is -2.17. The molecule has 0 aliphatic rings. The van der Waals surface area contributed by atoms with Crippen molar-refractivity contribution in [3.8, 4) is 11.3 Å². The van der Waals surface area contributed by atoms with E-state index in [4.69, 9.17) is 4.52 Å². The van der Waals surface area contributed by atoms with E-state index >= 15 is 0 Å². The molecule has 0 radical (unpaired) electrons. The van der Waals surface area contributed by atoms with Crippen molar-refractivity contribution >= 4 is 5.91 Å². The highest BCUT2D eigenvalue weighted by molar-refractivity contribution is 6.00. The Kier molecular flexibility index (Phi) is 2.45. The lowest BCUT2D eigenvalue weighted by atomic mass is 10.1. The Morgan fingerprint density at radius 1 is 1.40 bits per heavy atom. The number of nitrogens with one attached hydrogen (secondary N) is 1. The second-order valence-electron chi connectivity index (χ2n) is 2.91. The molecular weight excluding hydrogens is 194 g/mol. The highest BCUT2D eigenvalue weighted by Gasteiger charge is 2.13. The lowest BCUT2D eigenvalue weighted by Gasteiger charge is -2.03. The van der Waals surface area contributed by atoms with Gasteiger partial charge in [0.1, 0.15) is 0 Å². The molecule has 0 saturated carbocycles. The molecule has 0 fully saturated rings. The lowest BCUT2D eigenvalue weighted by Crippen LogP contribution is -2.18. The van der Waals surface area contributed by atoms with Gasteiger partial charge in [-0.05, 0) is 6.07 Å². The van der Waals surface area contributed by atoms with Crippen molar-refractivity contribution < 1.29 is 9.32 Å². The summed E-state index contributed by atoms with van der Waals surface area (Å²) in [5.74, 6) is 0.316. The average molecular weight is 203 g/mol. The molecule has 1 aromatic heterocycles. The fraction of sp³-hybridized carbons (Fsp3) is 0.100. The first-order valence-corrected chi connectivity index (χ1v) is 4.42. The third-order valence-corrected chi connectivity index (χ3v) is 2.03. The molecular formula is C10H9N3O2.